The number of pyridine rings is 1. The molecule has 5 heteroatoms. The summed E-state index contributed by atoms with van der Waals surface area (Å²) in [6.45, 7) is 0.832. The van der Waals surface area contributed by atoms with Gasteiger partial charge in [-0.05, 0) is 35.2 Å². The number of aromatic hydroxyl groups is 1. The van der Waals surface area contributed by atoms with Crippen molar-refractivity contribution >= 4 is 10.8 Å². The number of phenols is 1. The number of ether oxygens (including phenoxy) is 2. The third kappa shape index (κ3) is 3.71. The summed E-state index contributed by atoms with van der Waals surface area (Å²) >= 11 is 0. The van der Waals surface area contributed by atoms with Crippen LogP contribution in [0.2, 0.25) is 0 Å². The van der Waals surface area contributed by atoms with E-state index >= 15 is 0 Å². The van der Waals surface area contributed by atoms with Crippen LogP contribution in [0.25, 0.3) is 10.8 Å². The fourth-order valence-electron chi connectivity index (χ4n) is 2.62. The van der Waals surface area contributed by atoms with Crippen molar-refractivity contribution in [2.24, 2.45) is 0 Å². The van der Waals surface area contributed by atoms with E-state index in [1.165, 1.54) is 5.56 Å². The Hall–Kier alpha value is -2.46. The van der Waals surface area contributed by atoms with Crippen LogP contribution in [0.3, 0.4) is 0 Å². The minimum atomic E-state index is 0. The summed E-state index contributed by atoms with van der Waals surface area (Å²) in [6.07, 6.45) is 4.89. The van der Waals surface area contributed by atoms with Gasteiger partial charge in [0.2, 0.25) is 0 Å². The van der Waals surface area contributed by atoms with Crippen molar-refractivity contribution in [3.63, 3.8) is 0 Å². The molecule has 126 valence electrons. The van der Waals surface area contributed by atoms with Crippen molar-refractivity contribution in [2.75, 3.05) is 14.2 Å². The van der Waals surface area contributed by atoms with Crippen LogP contribution < -0.4 is 26.4 Å². The smallest absolute Gasteiger partial charge is 0.180 e. The predicted octanol–water partition coefficient (Wildman–Crippen LogP) is 0.0968. The summed E-state index contributed by atoms with van der Waals surface area (Å²) < 4.78 is 12.4. The maximum Gasteiger partial charge on any atom is 0.180 e. The zero-order valence-corrected chi connectivity index (χ0v) is 14.5. The number of fused-ring (bicyclic) bond motifs is 1. The Bertz CT molecular complexity index is 819. The molecule has 0 spiro atoms. The first-order valence-corrected chi connectivity index (χ1v) is 7.53. The molecule has 4 nitrogen and oxygen atoms in total. The number of halogens is 1. The number of rotatable bonds is 5. The largest absolute Gasteiger partial charge is 1.00 e. The Balaban J connectivity index is 0.00000208. The van der Waals surface area contributed by atoms with Crippen molar-refractivity contribution in [3.8, 4) is 17.2 Å². The van der Waals surface area contributed by atoms with Gasteiger partial charge in [0, 0.05) is 12.5 Å². The van der Waals surface area contributed by atoms with Crippen LogP contribution in [0.15, 0.2) is 54.9 Å². The van der Waals surface area contributed by atoms with Gasteiger partial charge in [-0.3, -0.25) is 0 Å². The lowest BCUT2D eigenvalue weighted by Gasteiger charge is -2.06. The molecule has 0 aliphatic rings. The minimum Gasteiger partial charge on any atom is -1.00 e. The summed E-state index contributed by atoms with van der Waals surface area (Å²) in [6, 6.07) is 13.8. The summed E-state index contributed by atoms with van der Waals surface area (Å²) in [5, 5.41) is 12.0. The number of nitrogens with zero attached hydrogens (tertiary/aromatic N) is 1. The first-order chi connectivity index (χ1) is 11.2. The number of phenolic OH excluding ortho intramolecular Hbond substituents is 1. The highest BCUT2D eigenvalue weighted by Gasteiger charge is 2.11. The zero-order valence-electron chi connectivity index (χ0n) is 13.7. The Labute approximate surface area is 147 Å². The van der Waals surface area contributed by atoms with E-state index in [0.717, 1.165) is 29.5 Å². The first kappa shape index (κ1) is 17.9. The van der Waals surface area contributed by atoms with Gasteiger partial charge in [-0.2, -0.15) is 0 Å². The molecule has 3 rings (SSSR count). The van der Waals surface area contributed by atoms with Gasteiger partial charge >= 0.3 is 0 Å². The summed E-state index contributed by atoms with van der Waals surface area (Å²) in [5.74, 6) is 1.54. The number of aromatic nitrogens is 1. The molecule has 0 atom stereocenters. The molecule has 0 aliphatic heterocycles. The van der Waals surface area contributed by atoms with Crippen LogP contribution in [-0.2, 0) is 13.0 Å². The molecule has 0 bridgehead atoms. The van der Waals surface area contributed by atoms with Gasteiger partial charge in [-0.1, -0.05) is 12.1 Å². The van der Waals surface area contributed by atoms with Crippen LogP contribution in [0.1, 0.15) is 5.56 Å². The molecule has 1 aromatic heterocycles. The minimum absolute atomic E-state index is 0. The van der Waals surface area contributed by atoms with Gasteiger partial charge in [0.1, 0.15) is 5.75 Å². The molecule has 0 saturated heterocycles. The second kappa shape index (κ2) is 7.88. The molecule has 1 heterocycles. The molecule has 24 heavy (non-hydrogen) atoms. The van der Waals surface area contributed by atoms with E-state index in [4.69, 9.17) is 9.47 Å². The van der Waals surface area contributed by atoms with E-state index in [0.29, 0.717) is 5.75 Å². The second-order valence-corrected chi connectivity index (χ2v) is 5.40. The van der Waals surface area contributed by atoms with Crippen LogP contribution >= 0.6 is 0 Å². The molecule has 0 aliphatic carbocycles. The third-order valence-corrected chi connectivity index (χ3v) is 3.99. The van der Waals surface area contributed by atoms with E-state index in [1.807, 2.05) is 36.7 Å². The molecule has 0 radical (unpaired) electrons. The van der Waals surface area contributed by atoms with Crippen molar-refractivity contribution in [1.82, 2.24) is 0 Å². The van der Waals surface area contributed by atoms with Crippen molar-refractivity contribution < 1.29 is 31.6 Å². The maximum absolute atomic E-state index is 10.3. The van der Waals surface area contributed by atoms with Crippen LogP contribution in [0.4, 0.5) is 0 Å². The van der Waals surface area contributed by atoms with Crippen LogP contribution in [-0.4, -0.2) is 19.3 Å². The highest BCUT2D eigenvalue weighted by molar-refractivity contribution is 5.88. The number of hydrogen-bond acceptors (Lipinski definition) is 3. The van der Waals surface area contributed by atoms with Gasteiger partial charge in [0.25, 0.3) is 0 Å². The van der Waals surface area contributed by atoms with E-state index < -0.39 is 0 Å². The monoisotopic (exact) mass is 345 g/mol. The third-order valence-electron chi connectivity index (χ3n) is 3.99. The fraction of sp³-hybridized carbons (Fsp3) is 0.211. The Morgan fingerprint density at radius 2 is 1.71 bits per heavy atom. The quantitative estimate of drug-likeness (QED) is 0.667. The summed E-state index contributed by atoms with van der Waals surface area (Å²) in [5.41, 5.74) is 1.24. The number of benzene rings is 2. The normalized spacial score (nSPS) is 10.2. The van der Waals surface area contributed by atoms with Gasteiger partial charge in [-0.25, -0.2) is 4.57 Å². The van der Waals surface area contributed by atoms with E-state index in [2.05, 4.69) is 16.7 Å². The fourth-order valence-corrected chi connectivity index (χ4v) is 2.62. The maximum atomic E-state index is 10.3. The average molecular weight is 346 g/mol. The molecule has 0 unspecified atom stereocenters. The molecular formula is C19H20ClNO3. The topological polar surface area (TPSA) is 42.6 Å². The molecule has 3 aromatic rings. The molecule has 2 aromatic carbocycles. The lowest BCUT2D eigenvalue weighted by molar-refractivity contribution is -0.695. The lowest BCUT2D eigenvalue weighted by Crippen LogP contribution is -3.00. The molecule has 0 amide bonds. The van der Waals surface area contributed by atoms with E-state index in [-0.39, 0.29) is 18.2 Å². The highest BCUT2D eigenvalue weighted by Crippen LogP contribution is 2.33. The standard InChI is InChI=1S/C19H19NO3.ClH/c1-22-16-6-3-14(4-7-16)9-11-20-12-10-15-5-8-18(23-2)19(21)17(15)13-20;/h3-8,10,12-13H,9,11H2,1-2H3;1H. The zero-order chi connectivity index (χ0) is 16.2. The molecular weight excluding hydrogens is 326 g/mol. The Morgan fingerprint density at radius 3 is 2.38 bits per heavy atom. The van der Waals surface area contributed by atoms with E-state index in [1.54, 1.807) is 20.3 Å². The first-order valence-electron chi connectivity index (χ1n) is 7.53. The summed E-state index contributed by atoms with van der Waals surface area (Å²) in [4.78, 5) is 0. The average Bonchev–Trinajstić information content (AvgIpc) is 2.61. The number of aryl methyl sites for hydroxylation is 2. The molecule has 1 N–H and O–H groups in total. The lowest BCUT2D eigenvalue weighted by atomic mass is 10.1. The Morgan fingerprint density at radius 1 is 0.958 bits per heavy atom. The van der Waals surface area contributed by atoms with Gasteiger partial charge in [-0.15, -0.1) is 0 Å². The number of hydrogen-bond donors (Lipinski definition) is 1. The van der Waals surface area contributed by atoms with E-state index in [9.17, 15) is 5.11 Å². The number of methoxy groups -OCH3 is 2. The van der Waals surface area contributed by atoms with Crippen LogP contribution in [0.5, 0.6) is 17.2 Å². The second-order valence-electron chi connectivity index (χ2n) is 5.40. The van der Waals surface area contributed by atoms with Gasteiger partial charge in [0.15, 0.2) is 30.4 Å². The predicted molar refractivity (Wildman–Crippen MR) is 89.1 cm³/mol. The van der Waals surface area contributed by atoms with Crippen LogP contribution in [0, 0.1) is 0 Å². The van der Waals surface area contributed by atoms with Gasteiger partial charge in [0.05, 0.1) is 19.6 Å². The van der Waals surface area contributed by atoms with Crippen molar-refractivity contribution in [3.05, 3.63) is 60.4 Å². The Kier molecular flexibility index (Phi) is 5.88. The van der Waals surface area contributed by atoms with Gasteiger partial charge < -0.3 is 27.0 Å². The van der Waals surface area contributed by atoms with Crippen molar-refractivity contribution in [1.29, 1.82) is 0 Å². The SMILES string of the molecule is COc1ccc(CC[n+]2ccc3ccc(OC)c(O)c3c2)cc1.[Cl-]. The van der Waals surface area contributed by atoms with Crippen molar-refractivity contribution in [2.45, 2.75) is 13.0 Å². The molecule has 0 saturated carbocycles. The highest BCUT2D eigenvalue weighted by atomic mass is 35.5. The summed E-state index contributed by atoms with van der Waals surface area (Å²) in [7, 11) is 3.22. The molecule has 0 fully saturated rings.